The van der Waals surface area contributed by atoms with Crippen LogP contribution in [0.3, 0.4) is 0 Å². The minimum absolute atomic E-state index is 0.380. The zero-order valence-corrected chi connectivity index (χ0v) is 10.4. The first-order valence-electron chi connectivity index (χ1n) is 6.08. The van der Waals surface area contributed by atoms with Crippen molar-refractivity contribution < 1.29 is 19.0 Å². The lowest BCUT2D eigenvalue weighted by atomic mass is 10.1. The molecule has 0 radical (unpaired) electrons. The lowest BCUT2D eigenvalue weighted by Crippen LogP contribution is -2.26. The highest BCUT2D eigenvalue weighted by Gasteiger charge is 2.11. The minimum Gasteiger partial charge on any atom is -0.486 e. The molecular formula is C13H17NO4. The summed E-state index contributed by atoms with van der Waals surface area (Å²) in [5.74, 6) is 1.55. The van der Waals surface area contributed by atoms with Crippen molar-refractivity contribution in [1.29, 1.82) is 0 Å². The summed E-state index contributed by atoms with van der Waals surface area (Å²) in [4.78, 5) is 11.1. The van der Waals surface area contributed by atoms with E-state index in [-0.39, 0.29) is 6.09 Å². The quantitative estimate of drug-likeness (QED) is 0.885. The predicted molar refractivity (Wildman–Crippen MR) is 66.2 cm³/mol. The molecule has 0 bridgehead atoms. The van der Waals surface area contributed by atoms with Crippen molar-refractivity contribution in [1.82, 2.24) is 5.32 Å². The van der Waals surface area contributed by atoms with Crippen LogP contribution in [0.5, 0.6) is 11.5 Å². The highest BCUT2D eigenvalue weighted by molar-refractivity contribution is 5.67. The summed E-state index contributed by atoms with van der Waals surface area (Å²) < 4.78 is 15.7. The van der Waals surface area contributed by atoms with Gasteiger partial charge in [-0.15, -0.1) is 0 Å². The molecule has 0 spiro atoms. The van der Waals surface area contributed by atoms with E-state index >= 15 is 0 Å². The molecule has 1 aliphatic rings. The van der Waals surface area contributed by atoms with Crippen LogP contribution in [-0.4, -0.2) is 32.5 Å². The molecule has 1 N–H and O–H groups in total. The molecule has 1 aliphatic heterocycles. The maximum absolute atomic E-state index is 11.1. The molecule has 0 unspecified atom stereocenters. The Hall–Kier alpha value is -1.91. The lowest BCUT2D eigenvalue weighted by molar-refractivity contribution is 0.152. The Kier molecular flexibility index (Phi) is 4.28. The van der Waals surface area contributed by atoms with Crippen molar-refractivity contribution in [2.45, 2.75) is 13.3 Å². The Bertz CT molecular complexity index is 419. The van der Waals surface area contributed by atoms with Gasteiger partial charge in [0.15, 0.2) is 11.5 Å². The highest BCUT2D eigenvalue weighted by Crippen LogP contribution is 2.30. The second kappa shape index (κ2) is 6.14. The van der Waals surface area contributed by atoms with Gasteiger partial charge in [-0.25, -0.2) is 4.79 Å². The van der Waals surface area contributed by atoms with E-state index in [9.17, 15) is 4.79 Å². The average molecular weight is 251 g/mol. The van der Waals surface area contributed by atoms with Crippen molar-refractivity contribution in [2.24, 2.45) is 0 Å². The summed E-state index contributed by atoms with van der Waals surface area (Å²) >= 11 is 0. The van der Waals surface area contributed by atoms with Gasteiger partial charge < -0.3 is 19.5 Å². The van der Waals surface area contributed by atoms with E-state index in [1.807, 2.05) is 18.2 Å². The van der Waals surface area contributed by atoms with Gasteiger partial charge in [-0.3, -0.25) is 0 Å². The molecule has 18 heavy (non-hydrogen) atoms. The van der Waals surface area contributed by atoms with E-state index in [1.54, 1.807) is 6.92 Å². The van der Waals surface area contributed by atoms with E-state index in [0.717, 1.165) is 23.5 Å². The SMILES string of the molecule is CCOC(=O)NCCc1ccc2c(c1)OCCO2. The molecule has 0 aromatic heterocycles. The molecule has 0 atom stereocenters. The third-order valence-electron chi connectivity index (χ3n) is 2.57. The fraction of sp³-hybridized carbons (Fsp3) is 0.462. The first-order chi connectivity index (χ1) is 8.79. The van der Waals surface area contributed by atoms with Crippen LogP contribution in [0.2, 0.25) is 0 Å². The number of nitrogens with one attached hydrogen (secondary N) is 1. The number of fused-ring (bicyclic) bond motifs is 1. The third kappa shape index (κ3) is 3.29. The van der Waals surface area contributed by atoms with E-state index in [1.165, 1.54) is 0 Å². The number of alkyl carbamates (subject to hydrolysis) is 1. The normalized spacial score (nSPS) is 12.9. The zero-order valence-electron chi connectivity index (χ0n) is 10.4. The largest absolute Gasteiger partial charge is 0.486 e. The van der Waals surface area contributed by atoms with Crippen molar-refractivity contribution >= 4 is 6.09 Å². The van der Waals surface area contributed by atoms with Gasteiger partial charge in [0.2, 0.25) is 0 Å². The number of rotatable bonds is 4. The van der Waals surface area contributed by atoms with Crippen LogP contribution >= 0.6 is 0 Å². The maximum atomic E-state index is 11.1. The monoisotopic (exact) mass is 251 g/mol. The Morgan fingerprint density at radius 1 is 1.33 bits per heavy atom. The molecule has 0 saturated heterocycles. The number of carbonyl (C=O) groups excluding carboxylic acids is 1. The molecule has 1 heterocycles. The summed E-state index contributed by atoms with van der Waals surface area (Å²) in [5.41, 5.74) is 1.09. The second-order valence-corrected chi connectivity index (χ2v) is 3.88. The molecule has 0 aliphatic carbocycles. The van der Waals surface area contributed by atoms with Crippen LogP contribution in [0.1, 0.15) is 12.5 Å². The zero-order chi connectivity index (χ0) is 12.8. The number of ether oxygens (including phenoxy) is 3. The molecule has 1 aromatic rings. The van der Waals surface area contributed by atoms with E-state index < -0.39 is 0 Å². The van der Waals surface area contributed by atoms with Gasteiger partial charge in [-0.1, -0.05) is 6.07 Å². The number of amides is 1. The first-order valence-corrected chi connectivity index (χ1v) is 6.08. The standard InChI is InChI=1S/C13H17NO4/c1-2-16-13(15)14-6-5-10-3-4-11-12(9-10)18-8-7-17-11/h3-4,9H,2,5-8H2,1H3,(H,14,15). The number of carbonyl (C=O) groups is 1. The second-order valence-electron chi connectivity index (χ2n) is 3.88. The first kappa shape index (κ1) is 12.5. The molecular weight excluding hydrogens is 234 g/mol. The molecule has 5 nitrogen and oxygen atoms in total. The smallest absolute Gasteiger partial charge is 0.407 e. The Labute approximate surface area is 106 Å². The third-order valence-corrected chi connectivity index (χ3v) is 2.57. The van der Waals surface area contributed by atoms with Crippen LogP contribution in [0, 0.1) is 0 Å². The summed E-state index contributed by atoms with van der Waals surface area (Å²) in [6.07, 6.45) is 0.352. The maximum Gasteiger partial charge on any atom is 0.407 e. The van der Waals surface area contributed by atoms with Crippen LogP contribution in [0.4, 0.5) is 4.79 Å². The Morgan fingerprint density at radius 3 is 2.89 bits per heavy atom. The lowest BCUT2D eigenvalue weighted by Gasteiger charge is -2.18. The van der Waals surface area contributed by atoms with Gasteiger partial charge >= 0.3 is 6.09 Å². The molecule has 2 rings (SSSR count). The van der Waals surface area contributed by atoms with E-state index in [2.05, 4.69) is 5.32 Å². The van der Waals surface area contributed by atoms with Gasteiger partial charge in [0, 0.05) is 6.54 Å². The topological polar surface area (TPSA) is 56.8 Å². The van der Waals surface area contributed by atoms with Crippen molar-refractivity contribution in [3.8, 4) is 11.5 Å². The molecule has 0 fully saturated rings. The molecule has 98 valence electrons. The van der Waals surface area contributed by atoms with Crippen LogP contribution in [-0.2, 0) is 11.2 Å². The summed E-state index contributed by atoms with van der Waals surface area (Å²) in [5, 5.41) is 2.68. The fourth-order valence-corrected chi connectivity index (χ4v) is 1.73. The van der Waals surface area contributed by atoms with E-state index in [4.69, 9.17) is 14.2 Å². The predicted octanol–water partition coefficient (Wildman–Crippen LogP) is 1.75. The van der Waals surface area contributed by atoms with Crippen molar-refractivity contribution in [3.05, 3.63) is 23.8 Å². The van der Waals surface area contributed by atoms with Gasteiger partial charge in [0.1, 0.15) is 13.2 Å². The highest BCUT2D eigenvalue weighted by atomic mass is 16.6. The molecule has 0 saturated carbocycles. The van der Waals surface area contributed by atoms with Crippen molar-refractivity contribution in [2.75, 3.05) is 26.4 Å². The number of benzene rings is 1. The van der Waals surface area contributed by atoms with E-state index in [0.29, 0.717) is 26.4 Å². The molecule has 1 aromatic carbocycles. The minimum atomic E-state index is -0.380. The van der Waals surface area contributed by atoms with Crippen molar-refractivity contribution in [3.63, 3.8) is 0 Å². The average Bonchev–Trinajstić information content (AvgIpc) is 2.39. The van der Waals surface area contributed by atoms with Crippen LogP contribution in [0.15, 0.2) is 18.2 Å². The van der Waals surface area contributed by atoms with Gasteiger partial charge in [-0.05, 0) is 31.0 Å². The van der Waals surface area contributed by atoms with Crippen LogP contribution < -0.4 is 14.8 Å². The number of hydrogen-bond donors (Lipinski definition) is 1. The fourth-order valence-electron chi connectivity index (χ4n) is 1.73. The number of hydrogen-bond acceptors (Lipinski definition) is 4. The van der Waals surface area contributed by atoms with Crippen LogP contribution in [0.25, 0.3) is 0 Å². The van der Waals surface area contributed by atoms with Gasteiger partial charge in [-0.2, -0.15) is 0 Å². The molecule has 1 amide bonds. The Balaban J connectivity index is 1.84. The summed E-state index contributed by atoms with van der Waals surface area (Å²) in [6.45, 7) is 3.88. The Morgan fingerprint density at radius 2 is 2.11 bits per heavy atom. The summed E-state index contributed by atoms with van der Waals surface area (Å²) in [7, 11) is 0. The van der Waals surface area contributed by atoms with Gasteiger partial charge in [0.05, 0.1) is 6.61 Å². The molecule has 5 heteroatoms. The van der Waals surface area contributed by atoms with Gasteiger partial charge in [0.25, 0.3) is 0 Å². The summed E-state index contributed by atoms with van der Waals surface area (Å²) in [6, 6.07) is 5.82.